The molecule has 2 aromatic rings. The molecule has 0 aliphatic carbocycles. The van der Waals surface area contributed by atoms with E-state index in [1.165, 1.54) is 30.9 Å². The molecule has 0 aliphatic heterocycles. The van der Waals surface area contributed by atoms with Gasteiger partial charge in [0.1, 0.15) is 10.4 Å². The number of methoxy groups -OCH3 is 1. The van der Waals surface area contributed by atoms with Crippen molar-refractivity contribution in [2.45, 2.75) is 13.5 Å². The van der Waals surface area contributed by atoms with E-state index in [2.05, 4.69) is 15.3 Å². The van der Waals surface area contributed by atoms with Crippen molar-refractivity contribution in [3.63, 3.8) is 0 Å². The number of thiophene rings is 1. The van der Waals surface area contributed by atoms with E-state index < -0.39 is 17.5 Å². The summed E-state index contributed by atoms with van der Waals surface area (Å²) in [5.41, 5.74) is 1.32. The fraction of sp³-hybridized carbons (Fsp3) is 0.231. The van der Waals surface area contributed by atoms with E-state index in [1.54, 1.807) is 10.6 Å². The summed E-state index contributed by atoms with van der Waals surface area (Å²) in [4.78, 5) is 35.4. The van der Waals surface area contributed by atoms with Crippen LogP contribution in [0.15, 0.2) is 22.2 Å². The number of hydrazone groups is 1. The molecule has 2 N–H and O–H groups in total. The Hall–Kier alpha value is -2.68. The average molecular weight is 323 g/mol. The van der Waals surface area contributed by atoms with Crippen LogP contribution in [0.25, 0.3) is 10.2 Å². The molecule has 0 aromatic carbocycles. The molecule has 0 atom stereocenters. The molecule has 0 saturated heterocycles. The molecular weight excluding hydrogens is 310 g/mol. The monoisotopic (exact) mass is 323 g/mol. The van der Waals surface area contributed by atoms with Crippen LogP contribution in [-0.4, -0.2) is 35.1 Å². The van der Waals surface area contributed by atoms with Gasteiger partial charge < -0.3 is 14.4 Å². The Morgan fingerprint density at radius 1 is 1.55 bits per heavy atom. The molecule has 2 rings (SSSR count). The van der Waals surface area contributed by atoms with Crippen LogP contribution in [0.3, 0.4) is 0 Å². The number of pyridine rings is 1. The summed E-state index contributed by atoms with van der Waals surface area (Å²) in [6, 6.07) is 1.55. The molecule has 0 aliphatic rings. The maximum Gasteiger partial charge on any atom is 0.427 e. The molecule has 0 spiro atoms. The second kappa shape index (κ2) is 6.39. The third-order valence-electron chi connectivity index (χ3n) is 2.87. The first-order valence-electron chi connectivity index (χ1n) is 6.25. The molecular formula is C13H13N3O5S. The number of fused-ring (bicyclic) bond motifs is 1. The van der Waals surface area contributed by atoms with Gasteiger partial charge in [-0.2, -0.15) is 5.10 Å². The number of amides is 1. The van der Waals surface area contributed by atoms with Crippen molar-refractivity contribution in [1.82, 2.24) is 9.99 Å². The highest BCUT2D eigenvalue weighted by atomic mass is 32.1. The van der Waals surface area contributed by atoms with Gasteiger partial charge in [0.2, 0.25) is 5.43 Å². The van der Waals surface area contributed by atoms with Crippen molar-refractivity contribution < 1.29 is 19.4 Å². The normalized spacial score (nSPS) is 11.0. The lowest BCUT2D eigenvalue weighted by Crippen LogP contribution is -2.17. The quantitative estimate of drug-likeness (QED) is 0.654. The topological polar surface area (TPSA) is 110 Å². The molecule has 116 valence electrons. The minimum Gasteiger partial charge on any atom is -0.477 e. The van der Waals surface area contributed by atoms with Gasteiger partial charge in [0, 0.05) is 12.7 Å². The summed E-state index contributed by atoms with van der Waals surface area (Å²) in [6.45, 7) is 2.37. The van der Waals surface area contributed by atoms with Gasteiger partial charge in [-0.25, -0.2) is 15.0 Å². The van der Waals surface area contributed by atoms with Gasteiger partial charge >= 0.3 is 12.1 Å². The summed E-state index contributed by atoms with van der Waals surface area (Å²) in [7, 11) is 1.21. The fourth-order valence-corrected chi connectivity index (χ4v) is 2.91. The van der Waals surface area contributed by atoms with Gasteiger partial charge in [-0.1, -0.05) is 0 Å². The van der Waals surface area contributed by atoms with Crippen LogP contribution >= 0.6 is 11.3 Å². The molecule has 0 saturated carbocycles. The first-order valence-corrected chi connectivity index (χ1v) is 7.06. The van der Waals surface area contributed by atoms with E-state index in [0.717, 1.165) is 0 Å². The summed E-state index contributed by atoms with van der Waals surface area (Å²) in [6.07, 6.45) is 1.98. The number of nitrogens with zero attached hydrogens (tertiary/aromatic N) is 2. The van der Waals surface area contributed by atoms with Crippen molar-refractivity contribution >= 4 is 39.8 Å². The minimum absolute atomic E-state index is 0.275. The van der Waals surface area contributed by atoms with E-state index in [9.17, 15) is 14.4 Å². The molecule has 0 fully saturated rings. The number of carbonyl (C=O) groups is 2. The number of hydrogen-bond acceptors (Lipinski definition) is 6. The Kier molecular flexibility index (Phi) is 4.56. The maximum atomic E-state index is 12.2. The predicted molar refractivity (Wildman–Crippen MR) is 81.9 cm³/mol. The zero-order valence-electron chi connectivity index (χ0n) is 11.8. The van der Waals surface area contributed by atoms with Gasteiger partial charge in [0.25, 0.3) is 0 Å². The average Bonchev–Trinajstić information content (AvgIpc) is 2.91. The van der Waals surface area contributed by atoms with Crippen LogP contribution in [0.1, 0.15) is 22.2 Å². The number of rotatable bonds is 4. The zero-order chi connectivity index (χ0) is 16.3. The fourth-order valence-electron chi connectivity index (χ4n) is 1.84. The molecule has 9 heteroatoms. The largest absolute Gasteiger partial charge is 0.477 e. The lowest BCUT2D eigenvalue weighted by Gasteiger charge is -2.05. The SMILES string of the molecule is CCn1cc(C(=O)O)c(=O)c2cc(/C=N/NC(=O)OC)sc21. The van der Waals surface area contributed by atoms with Crippen molar-refractivity contribution in [3.8, 4) is 0 Å². The van der Waals surface area contributed by atoms with Crippen molar-refractivity contribution in [3.05, 3.63) is 32.9 Å². The summed E-state index contributed by atoms with van der Waals surface area (Å²) >= 11 is 1.27. The van der Waals surface area contributed by atoms with Crippen LogP contribution in [0.5, 0.6) is 0 Å². The molecule has 2 heterocycles. The first-order chi connectivity index (χ1) is 10.5. The second-order valence-corrected chi connectivity index (χ2v) is 5.25. The Balaban J connectivity index is 2.49. The highest BCUT2D eigenvalue weighted by molar-refractivity contribution is 7.20. The lowest BCUT2D eigenvalue weighted by atomic mass is 10.2. The van der Waals surface area contributed by atoms with E-state index in [1.807, 2.05) is 6.92 Å². The summed E-state index contributed by atoms with van der Waals surface area (Å²) < 4.78 is 6.06. The maximum absolute atomic E-state index is 12.2. The number of carboxylic acids is 1. The number of aromatic nitrogens is 1. The molecule has 2 aromatic heterocycles. The van der Waals surface area contributed by atoms with Crippen LogP contribution in [-0.2, 0) is 11.3 Å². The Labute approximate surface area is 128 Å². The number of aromatic carboxylic acids is 1. The third-order valence-corrected chi connectivity index (χ3v) is 3.98. The highest BCUT2D eigenvalue weighted by Gasteiger charge is 2.16. The molecule has 8 nitrogen and oxygen atoms in total. The van der Waals surface area contributed by atoms with Gasteiger partial charge in [-0.15, -0.1) is 11.3 Å². The third kappa shape index (κ3) is 2.98. The number of carbonyl (C=O) groups excluding carboxylic acids is 1. The zero-order valence-corrected chi connectivity index (χ0v) is 12.6. The second-order valence-electron chi connectivity index (χ2n) is 4.19. The van der Waals surface area contributed by atoms with Gasteiger partial charge in [-0.3, -0.25) is 4.79 Å². The number of nitrogens with one attached hydrogen (secondary N) is 1. The predicted octanol–water partition coefficient (Wildman–Crippen LogP) is 1.47. The Bertz CT molecular complexity index is 821. The van der Waals surface area contributed by atoms with E-state index in [4.69, 9.17) is 5.11 Å². The number of carboxylic acid groups (broad SMARTS) is 1. The molecule has 1 amide bonds. The van der Waals surface area contributed by atoms with Crippen LogP contribution < -0.4 is 10.9 Å². The lowest BCUT2D eigenvalue weighted by molar-refractivity contribution is 0.0695. The standard InChI is InChI=1S/C13H13N3O5S/c1-3-16-6-9(12(18)19)10(17)8-4-7(22-11(8)16)5-14-15-13(20)21-2/h4-6H,3H2,1-2H3,(H,15,20)(H,18,19)/b14-5+. The number of hydrogen-bond donors (Lipinski definition) is 2. The van der Waals surface area contributed by atoms with Gasteiger partial charge in [0.05, 0.1) is 23.6 Å². The number of ether oxygens (including phenoxy) is 1. The van der Waals surface area contributed by atoms with E-state index in [-0.39, 0.29) is 5.56 Å². The van der Waals surface area contributed by atoms with Crippen molar-refractivity contribution in [1.29, 1.82) is 0 Å². The molecule has 0 unspecified atom stereocenters. The van der Waals surface area contributed by atoms with Crippen LogP contribution in [0.4, 0.5) is 4.79 Å². The Morgan fingerprint density at radius 2 is 2.27 bits per heavy atom. The van der Waals surface area contributed by atoms with E-state index >= 15 is 0 Å². The van der Waals surface area contributed by atoms with Crippen LogP contribution in [0, 0.1) is 0 Å². The molecule has 0 radical (unpaired) electrons. The number of aryl methyl sites for hydroxylation is 1. The van der Waals surface area contributed by atoms with Crippen molar-refractivity contribution in [2.75, 3.05) is 7.11 Å². The van der Waals surface area contributed by atoms with E-state index in [0.29, 0.717) is 21.6 Å². The first kappa shape index (κ1) is 15.7. The minimum atomic E-state index is -1.26. The van der Waals surface area contributed by atoms with Crippen molar-refractivity contribution in [2.24, 2.45) is 5.10 Å². The summed E-state index contributed by atoms with van der Waals surface area (Å²) in [5, 5.41) is 13.1. The smallest absolute Gasteiger partial charge is 0.427 e. The molecule has 0 bridgehead atoms. The Morgan fingerprint density at radius 3 is 2.86 bits per heavy atom. The summed E-state index contributed by atoms with van der Waals surface area (Å²) in [5.74, 6) is -1.26. The highest BCUT2D eigenvalue weighted by Crippen LogP contribution is 2.22. The van der Waals surface area contributed by atoms with Crippen LogP contribution in [0.2, 0.25) is 0 Å². The molecule has 22 heavy (non-hydrogen) atoms. The van der Waals surface area contributed by atoms with Gasteiger partial charge in [-0.05, 0) is 13.0 Å². The van der Waals surface area contributed by atoms with Gasteiger partial charge in [0.15, 0.2) is 0 Å².